The zero-order valence-corrected chi connectivity index (χ0v) is 12.7. The molecule has 88 valence electrons. The van der Waals surface area contributed by atoms with Crippen LogP contribution >= 0.6 is 43.2 Å². The lowest BCUT2D eigenvalue weighted by Crippen LogP contribution is -2.20. The fourth-order valence-electron chi connectivity index (χ4n) is 1.94. The summed E-state index contributed by atoms with van der Waals surface area (Å²) in [5.41, 5.74) is 7.06. The molecule has 1 aromatic carbocycles. The van der Waals surface area contributed by atoms with E-state index in [1.54, 1.807) is 11.3 Å². The van der Waals surface area contributed by atoms with Crippen LogP contribution in [0.3, 0.4) is 0 Å². The van der Waals surface area contributed by atoms with Gasteiger partial charge in [0.15, 0.2) is 0 Å². The van der Waals surface area contributed by atoms with E-state index >= 15 is 0 Å². The van der Waals surface area contributed by atoms with E-state index in [0.717, 1.165) is 43.8 Å². The summed E-state index contributed by atoms with van der Waals surface area (Å²) in [6, 6.07) is 4.12. The molecule has 6 heteroatoms. The number of thiophene rings is 1. The average molecular weight is 375 g/mol. The van der Waals surface area contributed by atoms with Crippen LogP contribution in [0, 0.1) is 0 Å². The van der Waals surface area contributed by atoms with Gasteiger partial charge in [0, 0.05) is 26.7 Å². The predicted octanol–water partition coefficient (Wildman–Crippen LogP) is 3.36. The van der Waals surface area contributed by atoms with Crippen LogP contribution in [0.2, 0.25) is 0 Å². The molecule has 3 N–H and O–H groups in total. The molecule has 0 saturated carbocycles. The third-order valence-corrected chi connectivity index (χ3v) is 5.41. The number of nitrogens with one attached hydrogen (secondary N) is 1. The van der Waals surface area contributed by atoms with Crippen LogP contribution in [-0.4, -0.2) is 18.9 Å². The number of nitrogens with two attached hydrogens (primary N) is 1. The molecule has 0 radical (unpaired) electrons. The predicted molar refractivity (Wildman–Crippen MR) is 81.0 cm³/mol. The van der Waals surface area contributed by atoms with E-state index in [1.807, 2.05) is 6.07 Å². The maximum absolute atomic E-state index is 5.97. The Morgan fingerprint density at radius 3 is 2.88 bits per heavy atom. The summed E-state index contributed by atoms with van der Waals surface area (Å²) in [6.45, 7) is 1.73. The Morgan fingerprint density at radius 1 is 1.35 bits per heavy atom. The first-order valence-corrected chi connectivity index (χ1v) is 7.53. The van der Waals surface area contributed by atoms with E-state index in [9.17, 15) is 0 Å². The highest BCUT2D eigenvalue weighted by molar-refractivity contribution is 9.11. The second-order valence-corrected chi connectivity index (χ2v) is 6.46. The average Bonchev–Trinajstić information content (AvgIpc) is 2.91. The minimum absolute atomic E-state index is 0.804. The number of anilines is 1. The van der Waals surface area contributed by atoms with E-state index in [1.165, 1.54) is 4.70 Å². The lowest BCUT2D eigenvalue weighted by atomic mass is 10.1. The quantitative estimate of drug-likeness (QED) is 0.804. The molecule has 2 aromatic rings. The summed E-state index contributed by atoms with van der Waals surface area (Å²) < 4.78 is 3.17. The highest BCUT2D eigenvalue weighted by atomic mass is 79.9. The largest absolute Gasteiger partial charge is 0.390 e. The van der Waals surface area contributed by atoms with Crippen LogP contribution in [0.25, 0.3) is 10.1 Å². The van der Waals surface area contributed by atoms with Crippen molar-refractivity contribution >= 4 is 64.1 Å². The molecular weight excluding hydrogens is 366 g/mol. The van der Waals surface area contributed by atoms with E-state index in [0.29, 0.717) is 0 Å². The van der Waals surface area contributed by atoms with Crippen molar-refractivity contribution in [1.29, 1.82) is 0 Å². The first-order valence-electron chi connectivity index (χ1n) is 5.13. The van der Waals surface area contributed by atoms with Crippen molar-refractivity contribution in [3.8, 4) is 0 Å². The topological polar surface area (TPSA) is 50.4 Å². The first-order chi connectivity index (χ1) is 8.18. The number of nitrogen functional groups attached to an aromatic ring is 1. The van der Waals surface area contributed by atoms with Crippen molar-refractivity contribution in [2.24, 2.45) is 4.99 Å². The SMILES string of the molecule is Nc1sc2ccc(Br)c(C3=NCCN3)c2c1Br. The van der Waals surface area contributed by atoms with Crippen molar-refractivity contribution in [2.45, 2.75) is 0 Å². The molecule has 0 saturated heterocycles. The number of halogens is 2. The second-order valence-electron chi connectivity index (χ2n) is 3.73. The summed E-state index contributed by atoms with van der Waals surface area (Å²) in [5.74, 6) is 0.945. The maximum Gasteiger partial charge on any atom is 0.130 e. The summed E-state index contributed by atoms with van der Waals surface area (Å²) in [4.78, 5) is 4.49. The van der Waals surface area contributed by atoms with Gasteiger partial charge in [-0.1, -0.05) is 15.9 Å². The monoisotopic (exact) mass is 373 g/mol. The highest BCUT2D eigenvalue weighted by Crippen LogP contribution is 2.41. The molecule has 1 aliphatic rings. The number of benzene rings is 1. The van der Waals surface area contributed by atoms with Gasteiger partial charge in [-0.3, -0.25) is 4.99 Å². The van der Waals surface area contributed by atoms with Crippen molar-refractivity contribution in [1.82, 2.24) is 5.32 Å². The third-order valence-electron chi connectivity index (χ3n) is 2.68. The Labute approximate surface area is 119 Å². The van der Waals surface area contributed by atoms with Crippen LogP contribution in [-0.2, 0) is 0 Å². The molecule has 3 rings (SSSR count). The summed E-state index contributed by atoms with van der Waals surface area (Å²) in [7, 11) is 0. The van der Waals surface area contributed by atoms with Crippen molar-refractivity contribution in [3.05, 3.63) is 26.6 Å². The number of amidine groups is 1. The minimum atomic E-state index is 0.804. The maximum atomic E-state index is 5.97. The summed E-state index contributed by atoms with van der Waals surface area (Å²) in [6.07, 6.45) is 0. The fraction of sp³-hybridized carbons (Fsp3) is 0.182. The Morgan fingerprint density at radius 2 is 2.18 bits per heavy atom. The second kappa shape index (κ2) is 4.26. The minimum Gasteiger partial charge on any atom is -0.390 e. The Kier molecular flexibility index (Phi) is 2.88. The normalized spacial score (nSPS) is 15.1. The molecule has 17 heavy (non-hydrogen) atoms. The molecule has 0 amide bonds. The van der Waals surface area contributed by atoms with E-state index < -0.39 is 0 Å². The van der Waals surface area contributed by atoms with Gasteiger partial charge in [-0.15, -0.1) is 11.3 Å². The van der Waals surface area contributed by atoms with Gasteiger partial charge in [-0.25, -0.2) is 0 Å². The van der Waals surface area contributed by atoms with Gasteiger partial charge in [0.05, 0.1) is 11.0 Å². The molecule has 1 aromatic heterocycles. The molecular formula is C11H9Br2N3S. The van der Waals surface area contributed by atoms with Gasteiger partial charge >= 0.3 is 0 Å². The van der Waals surface area contributed by atoms with Gasteiger partial charge in [0.1, 0.15) is 10.8 Å². The molecule has 0 atom stereocenters. The zero-order valence-electron chi connectivity index (χ0n) is 8.76. The Balaban J connectivity index is 2.37. The fourth-order valence-corrected chi connectivity index (χ4v) is 4.12. The molecule has 2 heterocycles. The molecule has 0 spiro atoms. The van der Waals surface area contributed by atoms with Gasteiger partial charge in [-0.2, -0.15) is 0 Å². The third kappa shape index (κ3) is 1.78. The number of rotatable bonds is 1. The number of hydrogen-bond acceptors (Lipinski definition) is 4. The van der Waals surface area contributed by atoms with Crippen molar-refractivity contribution < 1.29 is 0 Å². The van der Waals surface area contributed by atoms with Gasteiger partial charge in [0.2, 0.25) is 0 Å². The van der Waals surface area contributed by atoms with E-state index in [2.05, 4.69) is 48.2 Å². The summed E-state index contributed by atoms with van der Waals surface area (Å²) >= 11 is 8.75. The molecule has 0 bridgehead atoms. The molecule has 0 aliphatic carbocycles. The van der Waals surface area contributed by atoms with E-state index in [-0.39, 0.29) is 0 Å². The smallest absolute Gasteiger partial charge is 0.130 e. The molecule has 0 unspecified atom stereocenters. The number of nitrogens with zero attached hydrogens (tertiary/aromatic N) is 1. The van der Waals surface area contributed by atoms with Crippen LogP contribution in [0.1, 0.15) is 5.56 Å². The molecule has 0 fully saturated rings. The van der Waals surface area contributed by atoms with E-state index in [4.69, 9.17) is 5.73 Å². The number of aliphatic imine (C=N–C) groups is 1. The van der Waals surface area contributed by atoms with Gasteiger partial charge in [0.25, 0.3) is 0 Å². The molecule has 1 aliphatic heterocycles. The van der Waals surface area contributed by atoms with Gasteiger partial charge in [-0.05, 0) is 28.1 Å². The van der Waals surface area contributed by atoms with Crippen molar-refractivity contribution in [3.63, 3.8) is 0 Å². The Bertz CT molecular complexity index is 633. The lowest BCUT2D eigenvalue weighted by Gasteiger charge is -2.07. The first kappa shape index (κ1) is 11.5. The number of fused-ring (bicyclic) bond motifs is 1. The van der Waals surface area contributed by atoms with Crippen LogP contribution in [0.15, 0.2) is 26.1 Å². The van der Waals surface area contributed by atoms with Crippen LogP contribution in [0.4, 0.5) is 5.00 Å². The Hall–Kier alpha value is -0.590. The highest BCUT2D eigenvalue weighted by Gasteiger charge is 2.19. The zero-order chi connectivity index (χ0) is 12.0. The number of hydrogen-bond donors (Lipinski definition) is 2. The lowest BCUT2D eigenvalue weighted by molar-refractivity contribution is 0.960. The van der Waals surface area contributed by atoms with Crippen LogP contribution in [0.5, 0.6) is 0 Å². The van der Waals surface area contributed by atoms with Crippen molar-refractivity contribution in [2.75, 3.05) is 18.8 Å². The summed E-state index contributed by atoms with van der Waals surface area (Å²) in [5, 5.41) is 5.24. The standard InChI is InChI=1S/C11H9Br2N3S/c12-5-1-2-6-8(9(13)10(14)17-6)7(5)11-15-3-4-16-11/h1-2H,3-4,14H2,(H,15,16). The van der Waals surface area contributed by atoms with Crippen LogP contribution < -0.4 is 11.1 Å². The van der Waals surface area contributed by atoms with Gasteiger partial charge < -0.3 is 11.1 Å². The molecule has 3 nitrogen and oxygen atoms in total.